The summed E-state index contributed by atoms with van der Waals surface area (Å²) in [5.74, 6) is -1.57. The van der Waals surface area contributed by atoms with Crippen LogP contribution in [0.25, 0.3) is 5.57 Å². The van der Waals surface area contributed by atoms with Gasteiger partial charge < -0.3 is 46.0 Å². The van der Waals surface area contributed by atoms with Gasteiger partial charge in [-0.25, -0.2) is 9.59 Å². The van der Waals surface area contributed by atoms with Crippen molar-refractivity contribution in [2.45, 2.75) is 63.6 Å². The van der Waals surface area contributed by atoms with E-state index in [0.717, 1.165) is 28.8 Å². The monoisotopic (exact) mass is 1450 g/mol. The Hall–Kier alpha value is -1.46. The first-order valence-electron chi connectivity index (χ1n) is 16.2. The summed E-state index contributed by atoms with van der Waals surface area (Å²) < 4.78 is 20.1. The third kappa shape index (κ3) is 15.5. The molecule has 4 aliphatic rings. The molecular formula is C31H45Ac2HgN6O18. The van der Waals surface area contributed by atoms with Crippen molar-refractivity contribution < 1.29 is 183 Å². The van der Waals surface area contributed by atoms with Gasteiger partial charge in [0.2, 0.25) is 0 Å². The van der Waals surface area contributed by atoms with Gasteiger partial charge in [-0.05, 0) is 13.8 Å². The van der Waals surface area contributed by atoms with Crippen molar-refractivity contribution in [1.82, 2.24) is 28.9 Å². The minimum atomic E-state index is -0.971. The van der Waals surface area contributed by atoms with Gasteiger partial charge in [-0.3, -0.25) is 57.7 Å². The van der Waals surface area contributed by atoms with E-state index in [-0.39, 0.29) is 175 Å². The molecule has 4 aliphatic heterocycles. The number of amides is 4. The number of carbonyl (C=O) groups is 4. The van der Waals surface area contributed by atoms with Crippen molar-refractivity contribution in [3.63, 3.8) is 0 Å². The quantitative estimate of drug-likeness (QED) is 0.0944. The molecule has 27 heteroatoms. The topological polar surface area (TPSA) is 387 Å². The number of rotatable bonds is 7. The van der Waals surface area contributed by atoms with E-state index < -0.39 is 77.8 Å². The van der Waals surface area contributed by atoms with Gasteiger partial charge in [0, 0.05) is 158 Å². The van der Waals surface area contributed by atoms with Gasteiger partial charge in [-0.2, -0.15) is 0 Å². The number of imide groups is 2. The molecule has 2 radical (unpaired) electrons. The molecule has 6 rings (SSSR count). The van der Waals surface area contributed by atoms with E-state index in [1.54, 1.807) is 13.8 Å². The summed E-state index contributed by atoms with van der Waals surface area (Å²) in [6.07, 6.45) is 1.40. The van der Waals surface area contributed by atoms with E-state index in [0.29, 0.717) is 6.54 Å². The summed E-state index contributed by atoms with van der Waals surface area (Å²) in [4.78, 5) is 98.1. The summed E-state index contributed by atoms with van der Waals surface area (Å²) in [5, 5.41) is 44.3. The van der Waals surface area contributed by atoms with Crippen LogP contribution in [0.5, 0.6) is 0 Å². The summed E-state index contributed by atoms with van der Waals surface area (Å²) in [6, 6.07) is 1.20. The number of H-pyrrole nitrogens is 2. The Kier molecular flexibility index (Phi) is 31.2. The van der Waals surface area contributed by atoms with Crippen LogP contribution >= 0.6 is 0 Å². The molecule has 2 aromatic heterocycles. The number of nitrogens with zero attached hydrogens (tertiary/aromatic N) is 4. The Bertz CT molecular complexity index is 1930. The maximum absolute atomic E-state index is 12.3. The van der Waals surface area contributed by atoms with Crippen molar-refractivity contribution in [2.24, 2.45) is 0 Å². The molecule has 0 saturated carbocycles. The third-order valence-electron chi connectivity index (χ3n) is 8.04. The number of aliphatic hydroxyl groups is 5. The van der Waals surface area contributed by atoms with E-state index in [1.165, 1.54) is 33.9 Å². The molecule has 315 valence electrons. The van der Waals surface area contributed by atoms with E-state index >= 15 is 0 Å². The number of aromatic nitrogens is 4. The van der Waals surface area contributed by atoms with E-state index in [9.17, 15) is 48.6 Å². The second-order valence-electron chi connectivity index (χ2n) is 11.2. The second-order valence-corrected chi connectivity index (χ2v) is 11.2. The third-order valence-corrected chi connectivity index (χ3v) is 8.04. The molecule has 6 atom stereocenters. The summed E-state index contributed by atoms with van der Waals surface area (Å²) in [6.45, 7) is 3.28. The summed E-state index contributed by atoms with van der Waals surface area (Å²) in [5.41, 5.74) is -2.92. The molecule has 0 aromatic carbocycles. The van der Waals surface area contributed by atoms with Crippen LogP contribution in [0.3, 0.4) is 0 Å². The molecule has 24 nitrogen and oxygen atoms in total. The number of carbonyl (C=O) groups excluding carboxylic acids is 4. The molecule has 58 heavy (non-hydrogen) atoms. The van der Waals surface area contributed by atoms with Crippen molar-refractivity contribution >= 4 is 29.2 Å². The molecule has 6 heterocycles. The van der Waals surface area contributed by atoms with E-state index in [1.807, 2.05) is 0 Å². The van der Waals surface area contributed by atoms with Crippen LogP contribution in [0, 0.1) is 88.1 Å². The molecule has 6 unspecified atom stereocenters. The normalized spacial score (nSPS) is 22.5. The molecule has 12 N–H and O–H groups in total. The van der Waals surface area contributed by atoms with E-state index in [4.69, 9.17) is 27.8 Å². The Morgan fingerprint density at radius 1 is 0.724 bits per heavy atom. The molecule has 2 saturated heterocycles. The average Bonchev–Trinajstić information content (AvgIpc) is 3.90. The average molecular weight is 1440 g/mol. The Balaban J connectivity index is -0.000000793. The zero-order valence-corrected chi connectivity index (χ0v) is 46.6. The first kappa shape index (κ1) is 60.8. The first-order valence-corrected chi connectivity index (χ1v) is 18.6. The van der Waals surface area contributed by atoms with Gasteiger partial charge >= 0.3 is 41.0 Å². The SMILES string of the molecule is CCN1C(=O)C=C(c2cn(C3CC(O)C(CO)O3)c(=O)[nH]c2=O)C1=O.CCN1C(=O)C=CC1=O.CO.O.O.O=c1ccn(C2CC(O)C(CO)O2)c(=O)[nH]1.[Ac].[Ac].[OH][Hg]. The fourth-order valence-electron chi connectivity index (χ4n) is 5.39. The number of likely N-dealkylation sites (N-methyl/N-ethyl adjacent to an activating group) is 2. The number of hydrogen-bond donors (Lipinski definition) is 8. The Morgan fingerprint density at radius 3 is 1.55 bits per heavy atom. The van der Waals surface area contributed by atoms with Crippen molar-refractivity contribution in [3.8, 4) is 0 Å². The Morgan fingerprint density at radius 2 is 1.17 bits per heavy atom. The van der Waals surface area contributed by atoms with Gasteiger partial charge in [-0.1, -0.05) is 0 Å². The van der Waals surface area contributed by atoms with Crippen LogP contribution in [-0.4, -0.2) is 150 Å². The number of ether oxygens (including phenoxy) is 2. The fraction of sp³-hybridized carbons (Fsp3) is 0.484. The number of nitrogens with one attached hydrogen (secondary N) is 2. The Labute approximate surface area is 416 Å². The van der Waals surface area contributed by atoms with Gasteiger partial charge in [-0.15, -0.1) is 0 Å². The molecular weight excluding hydrogens is 1400 g/mol. The molecule has 4 amide bonds. The van der Waals surface area contributed by atoms with Gasteiger partial charge in [0.1, 0.15) is 24.7 Å². The first-order chi connectivity index (χ1) is 25.7. The van der Waals surface area contributed by atoms with E-state index in [2.05, 4.69) is 9.97 Å². The fourth-order valence-corrected chi connectivity index (χ4v) is 5.39. The predicted octanol–water partition coefficient (Wildman–Crippen LogP) is -6.54. The molecule has 0 aliphatic carbocycles. The van der Waals surface area contributed by atoms with Crippen LogP contribution in [0.1, 0.15) is 44.7 Å². The van der Waals surface area contributed by atoms with Crippen molar-refractivity contribution in [1.29, 1.82) is 0 Å². The standard InChI is InChI=1S/C15H17N3O7.C9H12N2O5.C6H7NO2.CH4O.2Ac.Hg.3H2O/c1-2-17-11(21)3-7(14(17)23)8-5-18(15(24)16-13(8)22)12-4-9(20)10(6-19)25-12;12-4-6-5(13)3-8(16-6)11-2-1-7(14)10-9(11)15;1-2-7-5(8)3-4-6(7)9;1-2;;;;;;/h3,5,9-10,12,19-20H,2,4,6H2,1H3,(H,16,22,24);1-2,5-6,8,12-13H,3-4H2,(H,10,14,15);3-4H,2H2,1H3;2H,1H3;;;;3*1H2/q;;;;;;+1;;;/p-1. The summed E-state index contributed by atoms with van der Waals surface area (Å²) in [7, 11) is 1.00. The van der Waals surface area contributed by atoms with Crippen molar-refractivity contribution in [2.75, 3.05) is 33.4 Å². The van der Waals surface area contributed by atoms with Gasteiger partial charge in [0.25, 0.3) is 34.7 Å². The van der Waals surface area contributed by atoms with Crippen LogP contribution in [0.15, 0.2) is 55.9 Å². The number of aliphatic hydroxyl groups excluding tert-OH is 5. The van der Waals surface area contributed by atoms with Crippen LogP contribution in [-0.2, 0) is 55.2 Å². The van der Waals surface area contributed by atoms with Gasteiger partial charge in [0.05, 0.1) is 36.6 Å². The molecule has 0 spiro atoms. The molecule has 2 aromatic rings. The maximum atomic E-state index is 12.3. The zero-order valence-electron chi connectivity index (χ0n) is 31.6. The van der Waals surface area contributed by atoms with Crippen molar-refractivity contribution in [3.05, 3.63) is 83.9 Å². The number of hydrogen-bond acceptors (Lipinski definition) is 16. The molecule has 0 bridgehead atoms. The summed E-state index contributed by atoms with van der Waals surface area (Å²) >= 11 is 0.0278. The van der Waals surface area contributed by atoms with Crippen LogP contribution < -0.4 is 22.5 Å². The van der Waals surface area contributed by atoms with Crippen LogP contribution in [0.2, 0.25) is 0 Å². The molecule has 2 fully saturated rings. The van der Waals surface area contributed by atoms with Crippen LogP contribution in [0.4, 0.5) is 0 Å². The second kappa shape index (κ2) is 29.7. The minimum absolute atomic E-state index is 0. The number of aromatic amines is 2. The van der Waals surface area contributed by atoms with Gasteiger partial charge in [0.15, 0.2) is 0 Å². The zero-order chi connectivity index (χ0) is 40.9. The predicted molar refractivity (Wildman–Crippen MR) is 185 cm³/mol.